The van der Waals surface area contributed by atoms with E-state index in [-0.39, 0.29) is 11.9 Å². The Balaban J connectivity index is 1.84. The summed E-state index contributed by atoms with van der Waals surface area (Å²) in [6.45, 7) is 4.66. The number of hydrogen-bond donors (Lipinski definition) is 1. The Morgan fingerprint density at radius 2 is 2.12 bits per heavy atom. The number of ether oxygens (including phenoxy) is 2. The lowest BCUT2D eigenvalue weighted by molar-refractivity contribution is -0.131. The molecule has 1 N–H and O–H groups in total. The van der Waals surface area contributed by atoms with Crippen molar-refractivity contribution in [1.29, 1.82) is 0 Å². The molecule has 25 heavy (non-hydrogen) atoms. The van der Waals surface area contributed by atoms with Gasteiger partial charge in [-0.15, -0.1) is 0 Å². The highest BCUT2D eigenvalue weighted by Gasteiger charge is 2.32. The molecule has 1 aromatic heterocycles. The summed E-state index contributed by atoms with van der Waals surface area (Å²) in [4.78, 5) is 14.9. The smallest absolute Gasteiger partial charge is 0.227 e. The number of likely N-dealkylation sites (tertiary alicyclic amines) is 1. The van der Waals surface area contributed by atoms with Gasteiger partial charge in [0.15, 0.2) is 0 Å². The quantitative estimate of drug-likeness (QED) is 0.906. The van der Waals surface area contributed by atoms with Crippen LogP contribution in [0.5, 0.6) is 11.5 Å². The molecule has 0 aliphatic carbocycles. The molecule has 0 bridgehead atoms. The maximum Gasteiger partial charge on any atom is 0.227 e. The van der Waals surface area contributed by atoms with E-state index in [2.05, 4.69) is 10.2 Å². The molecule has 1 unspecified atom stereocenters. The number of aromatic nitrogens is 2. The number of amides is 1. The van der Waals surface area contributed by atoms with Gasteiger partial charge in [0.1, 0.15) is 11.5 Å². The summed E-state index contributed by atoms with van der Waals surface area (Å²) in [5.74, 6) is 1.65. The van der Waals surface area contributed by atoms with E-state index >= 15 is 0 Å². The highest BCUT2D eigenvalue weighted by molar-refractivity contribution is 5.80. The minimum Gasteiger partial charge on any atom is -0.497 e. The van der Waals surface area contributed by atoms with Crippen LogP contribution in [0.1, 0.15) is 41.4 Å². The zero-order valence-corrected chi connectivity index (χ0v) is 15.3. The molecule has 6 nitrogen and oxygen atoms in total. The zero-order valence-electron chi connectivity index (χ0n) is 15.3. The van der Waals surface area contributed by atoms with Crippen molar-refractivity contribution >= 4 is 5.91 Å². The van der Waals surface area contributed by atoms with Crippen molar-refractivity contribution in [3.05, 3.63) is 40.7 Å². The number of aromatic amines is 1. The van der Waals surface area contributed by atoms with Gasteiger partial charge in [0.05, 0.1) is 32.4 Å². The summed E-state index contributed by atoms with van der Waals surface area (Å²) in [5, 5.41) is 7.14. The Morgan fingerprint density at radius 3 is 2.76 bits per heavy atom. The summed E-state index contributed by atoms with van der Waals surface area (Å²) in [6.07, 6.45) is 2.32. The van der Waals surface area contributed by atoms with Crippen LogP contribution in [0, 0.1) is 13.8 Å². The van der Waals surface area contributed by atoms with Gasteiger partial charge in [0, 0.05) is 29.4 Å². The first-order valence-corrected chi connectivity index (χ1v) is 8.57. The standard InChI is InChI=1S/C19H25N3O3/c1-12-16(13(2)21-20-12)11-19(23)22-9-5-6-17(22)15-8-7-14(24-3)10-18(15)25-4/h7-8,10,17H,5-6,9,11H2,1-4H3,(H,20,21). The monoisotopic (exact) mass is 343 g/mol. The van der Waals surface area contributed by atoms with E-state index in [1.807, 2.05) is 36.9 Å². The van der Waals surface area contributed by atoms with Crippen molar-refractivity contribution in [3.63, 3.8) is 0 Å². The van der Waals surface area contributed by atoms with Crippen molar-refractivity contribution in [1.82, 2.24) is 15.1 Å². The maximum absolute atomic E-state index is 12.9. The predicted molar refractivity (Wildman–Crippen MR) is 95.0 cm³/mol. The first-order valence-electron chi connectivity index (χ1n) is 8.57. The molecule has 0 spiro atoms. The normalized spacial score (nSPS) is 17.0. The van der Waals surface area contributed by atoms with Gasteiger partial charge in [0.2, 0.25) is 5.91 Å². The van der Waals surface area contributed by atoms with Crippen molar-refractivity contribution < 1.29 is 14.3 Å². The minimum atomic E-state index is 0.0425. The van der Waals surface area contributed by atoms with Crippen LogP contribution in [-0.4, -0.2) is 41.8 Å². The number of H-pyrrole nitrogens is 1. The molecule has 1 atom stereocenters. The molecule has 0 radical (unpaired) electrons. The summed E-state index contributed by atoms with van der Waals surface area (Å²) < 4.78 is 10.8. The fourth-order valence-electron chi connectivity index (χ4n) is 3.57. The number of methoxy groups -OCH3 is 2. The third-order valence-electron chi connectivity index (χ3n) is 4.98. The van der Waals surface area contributed by atoms with Crippen LogP contribution < -0.4 is 9.47 Å². The molecule has 6 heteroatoms. The summed E-state index contributed by atoms with van der Waals surface area (Å²) >= 11 is 0. The van der Waals surface area contributed by atoms with Gasteiger partial charge in [-0.05, 0) is 38.8 Å². The zero-order chi connectivity index (χ0) is 18.0. The molecule has 0 saturated carbocycles. The molecule has 3 rings (SSSR count). The molecule has 134 valence electrons. The van der Waals surface area contributed by atoms with E-state index < -0.39 is 0 Å². The van der Waals surface area contributed by atoms with Crippen LogP contribution in [0.3, 0.4) is 0 Å². The number of carbonyl (C=O) groups is 1. The fourth-order valence-corrected chi connectivity index (χ4v) is 3.57. The summed E-state index contributed by atoms with van der Waals surface area (Å²) in [5.41, 5.74) is 3.89. The van der Waals surface area contributed by atoms with Gasteiger partial charge in [-0.3, -0.25) is 9.89 Å². The topological polar surface area (TPSA) is 67.5 Å². The number of nitrogens with one attached hydrogen (secondary N) is 1. The van der Waals surface area contributed by atoms with Gasteiger partial charge in [-0.2, -0.15) is 5.10 Å². The van der Waals surface area contributed by atoms with E-state index in [0.29, 0.717) is 6.42 Å². The molecule has 1 saturated heterocycles. The fraction of sp³-hybridized carbons (Fsp3) is 0.474. The Labute approximate surface area is 148 Å². The van der Waals surface area contributed by atoms with E-state index in [0.717, 1.165) is 53.4 Å². The Morgan fingerprint density at radius 1 is 1.32 bits per heavy atom. The molecule has 1 aromatic carbocycles. The molecule has 2 heterocycles. The van der Waals surface area contributed by atoms with Crippen LogP contribution in [0.2, 0.25) is 0 Å². The SMILES string of the molecule is COc1ccc(C2CCCN2C(=O)Cc2c(C)n[nH]c2C)c(OC)c1. The lowest BCUT2D eigenvalue weighted by atomic mass is 10.0. The Hall–Kier alpha value is -2.50. The highest BCUT2D eigenvalue weighted by Crippen LogP contribution is 2.39. The number of nitrogens with zero attached hydrogens (tertiary/aromatic N) is 2. The Kier molecular flexibility index (Phi) is 4.97. The number of carbonyl (C=O) groups excluding carboxylic acids is 1. The van der Waals surface area contributed by atoms with E-state index in [4.69, 9.17) is 9.47 Å². The lowest BCUT2D eigenvalue weighted by Crippen LogP contribution is -2.32. The van der Waals surface area contributed by atoms with Gasteiger partial charge >= 0.3 is 0 Å². The van der Waals surface area contributed by atoms with Gasteiger partial charge < -0.3 is 14.4 Å². The van der Waals surface area contributed by atoms with Gasteiger partial charge in [-0.1, -0.05) is 0 Å². The van der Waals surface area contributed by atoms with Crippen LogP contribution in [0.25, 0.3) is 0 Å². The first kappa shape index (κ1) is 17.3. The van der Waals surface area contributed by atoms with Crippen molar-refractivity contribution in [2.45, 2.75) is 39.2 Å². The minimum absolute atomic E-state index is 0.0425. The molecule has 1 aliphatic rings. The van der Waals surface area contributed by atoms with Crippen molar-refractivity contribution in [2.24, 2.45) is 0 Å². The second-order valence-corrected chi connectivity index (χ2v) is 6.44. The second-order valence-electron chi connectivity index (χ2n) is 6.44. The maximum atomic E-state index is 12.9. The third kappa shape index (κ3) is 3.34. The largest absolute Gasteiger partial charge is 0.497 e. The second kappa shape index (κ2) is 7.17. The van der Waals surface area contributed by atoms with E-state index in [1.165, 1.54) is 0 Å². The first-order chi connectivity index (χ1) is 12.0. The third-order valence-corrected chi connectivity index (χ3v) is 4.98. The average Bonchev–Trinajstić information content (AvgIpc) is 3.23. The number of rotatable bonds is 5. The van der Waals surface area contributed by atoms with Crippen LogP contribution in [-0.2, 0) is 11.2 Å². The molecule has 1 fully saturated rings. The van der Waals surface area contributed by atoms with E-state index in [1.54, 1.807) is 14.2 Å². The highest BCUT2D eigenvalue weighted by atomic mass is 16.5. The van der Waals surface area contributed by atoms with Crippen molar-refractivity contribution in [3.8, 4) is 11.5 Å². The Bertz CT molecular complexity index is 750. The van der Waals surface area contributed by atoms with Gasteiger partial charge in [-0.25, -0.2) is 0 Å². The van der Waals surface area contributed by atoms with Crippen LogP contribution in [0.15, 0.2) is 18.2 Å². The van der Waals surface area contributed by atoms with E-state index in [9.17, 15) is 4.79 Å². The molecular formula is C19H25N3O3. The average molecular weight is 343 g/mol. The predicted octanol–water partition coefficient (Wildman–Crippen LogP) is 2.95. The van der Waals surface area contributed by atoms with Crippen molar-refractivity contribution in [2.75, 3.05) is 20.8 Å². The molecule has 1 aliphatic heterocycles. The number of benzene rings is 1. The molecule has 2 aromatic rings. The number of hydrogen-bond acceptors (Lipinski definition) is 4. The number of aryl methyl sites for hydroxylation is 2. The van der Waals surface area contributed by atoms with Crippen LogP contribution in [0.4, 0.5) is 0 Å². The molecule has 1 amide bonds. The lowest BCUT2D eigenvalue weighted by Gasteiger charge is -2.26. The summed E-state index contributed by atoms with van der Waals surface area (Å²) in [6, 6.07) is 5.84. The summed E-state index contributed by atoms with van der Waals surface area (Å²) in [7, 11) is 3.28. The van der Waals surface area contributed by atoms with Crippen LogP contribution >= 0.6 is 0 Å². The van der Waals surface area contributed by atoms with Gasteiger partial charge in [0.25, 0.3) is 0 Å². The molecular weight excluding hydrogens is 318 g/mol.